The fourth-order valence-electron chi connectivity index (χ4n) is 2.38. The normalized spacial score (nSPS) is 13.2. The van der Waals surface area contributed by atoms with Crippen LogP contribution in [0.15, 0.2) is 0 Å². The molecular formula is C14H35NO6Si3. The largest absolute Gasteiger partial charge is 0.500 e. The molecule has 0 fully saturated rings. The van der Waals surface area contributed by atoms with Gasteiger partial charge in [-0.05, 0) is 45.7 Å². The molecule has 1 N–H and O–H groups in total. The Kier molecular flexibility index (Phi) is 10.8. The molecule has 0 amide bonds. The first kappa shape index (κ1) is 23.9. The van der Waals surface area contributed by atoms with Gasteiger partial charge in [0, 0.05) is 33.9 Å². The van der Waals surface area contributed by atoms with Crippen LogP contribution in [0.1, 0.15) is 12.8 Å². The van der Waals surface area contributed by atoms with Gasteiger partial charge in [-0.3, -0.25) is 4.79 Å². The Balaban J connectivity index is 3.95. The van der Waals surface area contributed by atoms with Gasteiger partial charge in [-0.2, -0.15) is 0 Å². The highest BCUT2D eigenvalue weighted by atomic mass is 28.4. The van der Waals surface area contributed by atoms with E-state index in [-0.39, 0.29) is 5.97 Å². The maximum atomic E-state index is 11.9. The maximum Gasteiger partial charge on any atom is 0.500 e. The van der Waals surface area contributed by atoms with Crippen LogP contribution < -0.4 is 5.32 Å². The summed E-state index contributed by atoms with van der Waals surface area (Å²) in [5.41, 5.74) is 0. The van der Waals surface area contributed by atoms with Gasteiger partial charge >= 0.3 is 17.4 Å². The van der Waals surface area contributed by atoms with E-state index in [1.54, 1.807) is 21.3 Å². The van der Waals surface area contributed by atoms with Gasteiger partial charge in [0.25, 0.3) is 5.97 Å². The van der Waals surface area contributed by atoms with Crippen LogP contribution in [0, 0.1) is 0 Å². The summed E-state index contributed by atoms with van der Waals surface area (Å²) in [7, 11) is -1.75. The van der Waals surface area contributed by atoms with Crippen molar-refractivity contribution in [2.45, 2.75) is 51.6 Å². The lowest BCUT2D eigenvalue weighted by Crippen LogP contribution is -2.46. The highest BCUT2D eigenvalue weighted by molar-refractivity contribution is 6.81. The second-order valence-corrected chi connectivity index (χ2v) is 18.1. The van der Waals surface area contributed by atoms with Crippen molar-refractivity contribution in [3.8, 4) is 0 Å². The topological polar surface area (TPSA) is 75.3 Å². The molecule has 0 radical (unpaired) electrons. The Bertz CT molecular complexity index is 364. The molecule has 0 aromatic heterocycles. The van der Waals surface area contributed by atoms with Crippen molar-refractivity contribution in [1.82, 2.24) is 5.32 Å². The zero-order chi connectivity index (χ0) is 18.9. The van der Waals surface area contributed by atoms with Crippen LogP contribution in [-0.2, 0) is 26.6 Å². The lowest BCUT2D eigenvalue weighted by atomic mass is 10.4. The first-order valence-electron chi connectivity index (χ1n) is 8.27. The smallest absolute Gasteiger partial charge is 0.495 e. The van der Waals surface area contributed by atoms with Gasteiger partial charge in [0.05, 0.1) is 6.42 Å². The molecule has 0 unspecified atom stereocenters. The SMILES string of the molecule is CO[Si](CCCNCCC(=O)O[Si](C)(C)O[Si](C)(C)C)(OC)OC. The average Bonchev–Trinajstić information content (AvgIpc) is 2.44. The van der Waals surface area contributed by atoms with Crippen molar-refractivity contribution in [1.29, 1.82) is 0 Å². The van der Waals surface area contributed by atoms with Gasteiger partial charge in [-0.1, -0.05) is 0 Å². The van der Waals surface area contributed by atoms with Crippen molar-refractivity contribution < 1.29 is 26.6 Å². The molecule has 0 rings (SSSR count). The van der Waals surface area contributed by atoms with Crippen molar-refractivity contribution in [2.24, 2.45) is 0 Å². The Labute approximate surface area is 150 Å². The van der Waals surface area contributed by atoms with E-state index in [0.717, 1.165) is 19.0 Å². The van der Waals surface area contributed by atoms with Gasteiger partial charge in [0.2, 0.25) is 0 Å². The van der Waals surface area contributed by atoms with Crippen molar-refractivity contribution in [3.63, 3.8) is 0 Å². The lowest BCUT2D eigenvalue weighted by Gasteiger charge is -2.30. The van der Waals surface area contributed by atoms with Gasteiger partial charge in [0.1, 0.15) is 0 Å². The molecule has 0 aromatic carbocycles. The minimum absolute atomic E-state index is 0.202. The molecule has 0 bridgehead atoms. The standard InChI is InChI=1S/C14H35NO6Si3/c1-17-24(18-2,19-3)13-9-11-15-12-10-14(16)20-23(7,8)21-22(4,5)6/h15H,9-13H2,1-8H3. The van der Waals surface area contributed by atoms with Crippen molar-refractivity contribution >= 4 is 31.7 Å². The average molecular weight is 398 g/mol. The molecule has 0 saturated carbocycles. The van der Waals surface area contributed by atoms with Crippen LogP contribution in [0.25, 0.3) is 0 Å². The summed E-state index contributed by atoms with van der Waals surface area (Å²) >= 11 is 0. The third kappa shape index (κ3) is 10.7. The summed E-state index contributed by atoms with van der Waals surface area (Å²) in [5.74, 6) is -0.202. The monoisotopic (exact) mass is 397 g/mol. The summed E-state index contributed by atoms with van der Waals surface area (Å²) in [6.45, 7) is 11.5. The van der Waals surface area contributed by atoms with E-state index in [0.29, 0.717) is 13.0 Å². The maximum absolute atomic E-state index is 11.9. The minimum atomic E-state index is -2.49. The molecule has 144 valence electrons. The molecule has 0 aliphatic heterocycles. The van der Waals surface area contributed by atoms with Crippen LogP contribution in [0.4, 0.5) is 0 Å². The van der Waals surface area contributed by atoms with E-state index in [4.69, 9.17) is 21.8 Å². The Morgan fingerprint density at radius 1 is 0.917 bits per heavy atom. The van der Waals surface area contributed by atoms with Gasteiger partial charge in [-0.15, -0.1) is 0 Å². The minimum Gasteiger partial charge on any atom is -0.495 e. The predicted molar refractivity (Wildman–Crippen MR) is 102 cm³/mol. The van der Waals surface area contributed by atoms with E-state index in [1.165, 1.54) is 0 Å². The van der Waals surface area contributed by atoms with Gasteiger partial charge in [-0.25, -0.2) is 0 Å². The summed E-state index contributed by atoms with van der Waals surface area (Å²) < 4.78 is 27.6. The van der Waals surface area contributed by atoms with Crippen molar-refractivity contribution in [3.05, 3.63) is 0 Å². The number of hydrogen-bond acceptors (Lipinski definition) is 7. The molecule has 10 heteroatoms. The predicted octanol–water partition coefficient (Wildman–Crippen LogP) is 2.33. The zero-order valence-corrected chi connectivity index (χ0v) is 19.5. The van der Waals surface area contributed by atoms with E-state index < -0.39 is 25.7 Å². The van der Waals surface area contributed by atoms with Crippen LogP contribution >= 0.6 is 0 Å². The quantitative estimate of drug-likeness (QED) is 0.377. The molecule has 0 heterocycles. The second kappa shape index (κ2) is 10.8. The first-order valence-corrected chi connectivity index (χ1v) is 16.4. The van der Waals surface area contributed by atoms with Gasteiger partial charge < -0.3 is 27.1 Å². The number of nitrogens with one attached hydrogen (secondary N) is 1. The number of carbonyl (C=O) groups is 1. The zero-order valence-electron chi connectivity index (χ0n) is 16.5. The first-order chi connectivity index (χ1) is 11.0. The summed E-state index contributed by atoms with van der Waals surface area (Å²) in [6, 6.07) is 0.734. The van der Waals surface area contributed by atoms with Crippen LogP contribution in [0.5, 0.6) is 0 Å². The molecule has 0 aliphatic carbocycles. The highest BCUT2D eigenvalue weighted by Gasteiger charge is 2.37. The molecule has 24 heavy (non-hydrogen) atoms. The second-order valence-electron chi connectivity index (χ2n) is 6.99. The van der Waals surface area contributed by atoms with Crippen LogP contribution in [0.2, 0.25) is 38.8 Å². The Hall–Kier alpha value is -0.0794. The fourth-order valence-corrected chi connectivity index (χ4v) is 10.8. The molecule has 0 aromatic rings. The van der Waals surface area contributed by atoms with E-state index in [9.17, 15) is 4.79 Å². The van der Waals surface area contributed by atoms with Crippen LogP contribution in [0.3, 0.4) is 0 Å². The van der Waals surface area contributed by atoms with Crippen LogP contribution in [-0.4, -0.2) is 66.1 Å². The number of carbonyl (C=O) groups excluding carboxylic acids is 1. The highest BCUT2D eigenvalue weighted by Crippen LogP contribution is 2.16. The van der Waals surface area contributed by atoms with E-state index >= 15 is 0 Å². The van der Waals surface area contributed by atoms with Crippen molar-refractivity contribution in [2.75, 3.05) is 34.4 Å². The third-order valence-corrected chi connectivity index (χ3v) is 11.2. The van der Waals surface area contributed by atoms with Gasteiger partial charge in [0.15, 0.2) is 8.32 Å². The molecule has 7 nitrogen and oxygen atoms in total. The van der Waals surface area contributed by atoms with E-state index in [2.05, 4.69) is 25.0 Å². The summed E-state index contributed by atoms with van der Waals surface area (Å²) in [5, 5.41) is 3.23. The fraction of sp³-hybridized carbons (Fsp3) is 0.929. The van der Waals surface area contributed by atoms with E-state index in [1.807, 2.05) is 13.1 Å². The lowest BCUT2D eigenvalue weighted by molar-refractivity contribution is -0.135. The summed E-state index contributed by atoms with van der Waals surface area (Å²) in [4.78, 5) is 11.9. The molecule has 0 aliphatic rings. The Morgan fingerprint density at radius 3 is 1.92 bits per heavy atom. The number of hydrogen-bond donors (Lipinski definition) is 1. The Morgan fingerprint density at radius 2 is 1.46 bits per heavy atom. The number of rotatable bonds is 13. The third-order valence-electron chi connectivity index (χ3n) is 3.19. The molecule has 0 spiro atoms. The molecule has 0 saturated heterocycles. The summed E-state index contributed by atoms with van der Waals surface area (Å²) in [6.07, 6.45) is 1.20. The molecule has 0 atom stereocenters. The molecular weight excluding hydrogens is 362 g/mol.